The Morgan fingerprint density at radius 2 is 1.72 bits per heavy atom. The number of aromatic nitrogens is 1. The van der Waals surface area contributed by atoms with Gasteiger partial charge in [-0.25, -0.2) is 17.2 Å². The third-order valence-electron chi connectivity index (χ3n) is 4.06. The van der Waals surface area contributed by atoms with Gasteiger partial charge in [-0.1, -0.05) is 23.8 Å². The largest absolute Gasteiger partial charge is 0.465 e. The van der Waals surface area contributed by atoms with Gasteiger partial charge in [-0.15, -0.1) is 0 Å². The van der Waals surface area contributed by atoms with E-state index in [9.17, 15) is 13.2 Å². The summed E-state index contributed by atoms with van der Waals surface area (Å²) in [7, 11) is -2.57. The Balaban J connectivity index is 2.40. The number of halogens is 1. The minimum absolute atomic E-state index is 0.172. The Morgan fingerprint density at radius 3 is 2.32 bits per heavy atom. The van der Waals surface area contributed by atoms with Crippen LogP contribution in [0, 0.1) is 17.5 Å². The van der Waals surface area contributed by atoms with Gasteiger partial charge >= 0.3 is 5.97 Å². The molecule has 0 bridgehead atoms. The zero-order valence-electron chi connectivity index (χ0n) is 13.9. The van der Waals surface area contributed by atoms with Gasteiger partial charge in [0.05, 0.1) is 26.8 Å². The first-order valence-electron chi connectivity index (χ1n) is 7.48. The first kappa shape index (κ1) is 17.9. The second kappa shape index (κ2) is 6.45. The predicted octanol–water partition coefficient (Wildman–Crippen LogP) is 3.89. The summed E-state index contributed by atoms with van der Waals surface area (Å²) in [6, 6.07) is 11.8. The molecule has 0 atom stereocenters. The third-order valence-corrected chi connectivity index (χ3v) is 6.91. The van der Waals surface area contributed by atoms with Crippen molar-refractivity contribution in [1.29, 1.82) is 0 Å². The van der Waals surface area contributed by atoms with E-state index in [1.165, 1.54) is 11.1 Å². The molecule has 1 heterocycles. The lowest BCUT2D eigenvalue weighted by Crippen LogP contribution is -2.16. The van der Waals surface area contributed by atoms with Crippen molar-refractivity contribution in [3.05, 3.63) is 62.9 Å². The molecule has 7 heteroatoms. The molecule has 0 saturated carbocycles. The van der Waals surface area contributed by atoms with Crippen LogP contribution in [0.15, 0.2) is 47.4 Å². The number of benzene rings is 2. The van der Waals surface area contributed by atoms with Crippen molar-refractivity contribution in [3.63, 3.8) is 0 Å². The lowest BCUT2D eigenvalue weighted by molar-refractivity contribution is 0.0602. The number of rotatable bonds is 3. The monoisotopic (exact) mass is 469 g/mol. The molecule has 0 aliphatic rings. The van der Waals surface area contributed by atoms with Gasteiger partial charge in [0.25, 0.3) is 10.0 Å². The van der Waals surface area contributed by atoms with Crippen LogP contribution in [-0.4, -0.2) is 25.5 Å². The highest BCUT2D eigenvalue weighted by molar-refractivity contribution is 14.1. The molecule has 0 amide bonds. The maximum atomic E-state index is 13.2. The van der Waals surface area contributed by atoms with Crippen LogP contribution in [0.4, 0.5) is 0 Å². The van der Waals surface area contributed by atoms with E-state index in [1.54, 1.807) is 42.5 Å². The summed E-state index contributed by atoms with van der Waals surface area (Å²) in [5.41, 5.74) is 2.43. The average molecular weight is 469 g/mol. The smallest absolute Gasteiger partial charge is 0.340 e. The summed E-state index contributed by atoms with van der Waals surface area (Å²) in [5, 5.41) is 0.711. The number of hydrogen-bond acceptors (Lipinski definition) is 4. The standard InChI is InChI=1S/C18H16INO4S/c1-11-4-7-13(8-5-11)25(22,23)20-16(19)10-15-12(2)6-9-14(17(15)20)18(21)24-3/h4-10H,1-3H3. The molecule has 0 N–H and O–H groups in total. The predicted molar refractivity (Wildman–Crippen MR) is 104 cm³/mol. The number of hydrogen-bond donors (Lipinski definition) is 0. The van der Waals surface area contributed by atoms with E-state index in [0.717, 1.165) is 11.1 Å². The molecule has 5 nitrogen and oxygen atoms in total. The Labute approximate surface area is 159 Å². The molecule has 3 aromatic rings. The van der Waals surface area contributed by atoms with E-state index in [1.807, 2.05) is 36.4 Å². The summed E-state index contributed by atoms with van der Waals surface area (Å²) in [6.45, 7) is 3.77. The van der Waals surface area contributed by atoms with E-state index in [0.29, 0.717) is 14.6 Å². The number of methoxy groups -OCH3 is 1. The SMILES string of the molecule is COC(=O)c1ccc(C)c2cc(I)n(S(=O)(=O)c3ccc(C)cc3)c12. The van der Waals surface area contributed by atoms with Gasteiger partial charge in [0.15, 0.2) is 0 Å². The van der Waals surface area contributed by atoms with Crippen molar-refractivity contribution in [2.24, 2.45) is 0 Å². The number of esters is 1. The van der Waals surface area contributed by atoms with Crippen molar-refractivity contribution in [2.45, 2.75) is 18.7 Å². The second-order valence-electron chi connectivity index (χ2n) is 5.73. The van der Waals surface area contributed by atoms with Crippen LogP contribution in [0.5, 0.6) is 0 Å². The quantitative estimate of drug-likeness (QED) is 0.432. The van der Waals surface area contributed by atoms with Crippen molar-refractivity contribution >= 4 is 49.5 Å². The first-order valence-corrected chi connectivity index (χ1v) is 10.0. The summed E-state index contributed by atoms with van der Waals surface area (Å²) in [6.07, 6.45) is 0. The van der Waals surface area contributed by atoms with Crippen molar-refractivity contribution in [3.8, 4) is 0 Å². The molecule has 0 aliphatic carbocycles. The molecule has 0 aliphatic heterocycles. The zero-order valence-corrected chi connectivity index (χ0v) is 16.9. The van der Waals surface area contributed by atoms with Crippen LogP contribution in [-0.2, 0) is 14.8 Å². The van der Waals surface area contributed by atoms with Crippen molar-refractivity contribution < 1.29 is 17.9 Å². The Bertz CT molecular complexity index is 1080. The maximum absolute atomic E-state index is 13.2. The second-order valence-corrected chi connectivity index (χ2v) is 8.63. The number of carbonyl (C=O) groups excluding carboxylic acids is 1. The number of ether oxygens (including phenoxy) is 1. The molecule has 0 fully saturated rings. The average Bonchev–Trinajstić information content (AvgIpc) is 2.93. The molecule has 25 heavy (non-hydrogen) atoms. The van der Waals surface area contributed by atoms with Gasteiger partial charge in [-0.05, 0) is 66.3 Å². The Morgan fingerprint density at radius 1 is 1.08 bits per heavy atom. The highest BCUT2D eigenvalue weighted by Crippen LogP contribution is 2.31. The zero-order chi connectivity index (χ0) is 18.4. The molecule has 2 aromatic carbocycles. The van der Waals surface area contributed by atoms with Crippen LogP contribution < -0.4 is 0 Å². The maximum Gasteiger partial charge on any atom is 0.340 e. The van der Waals surface area contributed by atoms with Crippen LogP contribution in [0.3, 0.4) is 0 Å². The molecule has 130 valence electrons. The fraction of sp³-hybridized carbons (Fsp3) is 0.167. The van der Waals surface area contributed by atoms with Crippen LogP contribution in [0.2, 0.25) is 0 Å². The van der Waals surface area contributed by atoms with E-state index < -0.39 is 16.0 Å². The van der Waals surface area contributed by atoms with Gasteiger partial charge in [0.2, 0.25) is 0 Å². The van der Waals surface area contributed by atoms with Crippen LogP contribution >= 0.6 is 22.6 Å². The molecule has 3 rings (SSSR count). The van der Waals surface area contributed by atoms with Crippen molar-refractivity contribution in [1.82, 2.24) is 3.97 Å². The van der Waals surface area contributed by atoms with Crippen molar-refractivity contribution in [2.75, 3.05) is 7.11 Å². The summed E-state index contributed by atoms with van der Waals surface area (Å²) >= 11 is 1.97. The van der Waals surface area contributed by atoms with E-state index in [-0.39, 0.29) is 10.5 Å². The minimum atomic E-state index is -3.85. The van der Waals surface area contributed by atoms with Gasteiger partial charge in [-0.2, -0.15) is 0 Å². The number of fused-ring (bicyclic) bond motifs is 1. The van der Waals surface area contributed by atoms with E-state index in [4.69, 9.17) is 4.74 Å². The summed E-state index contributed by atoms with van der Waals surface area (Å²) in [4.78, 5) is 12.3. The molecule has 0 spiro atoms. The fourth-order valence-corrected chi connectivity index (χ4v) is 5.46. The minimum Gasteiger partial charge on any atom is -0.465 e. The molecular formula is C18H16INO4S. The van der Waals surface area contributed by atoms with Crippen LogP contribution in [0.25, 0.3) is 10.9 Å². The number of nitrogens with zero attached hydrogens (tertiary/aromatic N) is 1. The fourth-order valence-electron chi connectivity index (χ4n) is 2.72. The molecule has 1 aromatic heterocycles. The van der Waals surface area contributed by atoms with Gasteiger partial charge in [0, 0.05) is 5.39 Å². The Hall–Kier alpha value is -1.87. The number of aryl methyl sites for hydroxylation is 2. The normalized spacial score (nSPS) is 11.7. The topological polar surface area (TPSA) is 65.4 Å². The van der Waals surface area contributed by atoms with Gasteiger partial charge in [-0.3, -0.25) is 0 Å². The molecule has 0 unspecified atom stereocenters. The molecular weight excluding hydrogens is 453 g/mol. The molecule has 0 saturated heterocycles. The molecule has 0 radical (unpaired) electrons. The third kappa shape index (κ3) is 2.95. The first-order chi connectivity index (χ1) is 11.8. The highest BCUT2D eigenvalue weighted by atomic mass is 127. The van der Waals surface area contributed by atoms with E-state index in [2.05, 4.69) is 0 Å². The van der Waals surface area contributed by atoms with Crippen LogP contribution in [0.1, 0.15) is 21.5 Å². The highest BCUT2D eigenvalue weighted by Gasteiger charge is 2.26. The van der Waals surface area contributed by atoms with Gasteiger partial charge < -0.3 is 4.74 Å². The Kier molecular flexibility index (Phi) is 4.63. The lowest BCUT2D eigenvalue weighted by atomic mass is 10.1. The van der Waals surface area contributed by atoms with Gasteiger partial charge in [0.1, 0.15) is 0 Å². The number of carbonyl (C=O) groups is 1. The summed E-state index contributed by atoms with van der Waals surface area (Å²) in [5.74, 6) is -0.570. The lowest BCUT2D eigenvalue weighted by Gasteiger charge is -2.12. The summed E-state index contributed by atoms with van der Waals surface area (Å²) < 4.78 is 33.0. The van der Waals surface area contributed by atoms with E-state index >= 15 is 0 Å².